The van der Waals surface area contributed by atoms with Crippen LogP contribution in [-0.4, -0.2) is 0 Å². The molecule has 0 saturated carbocycles. The van der Waals surface area contributed by atoms with Crippen molar-refractivity contribution < 1.29 is 0 Å². The quantitative estimate of drug-likeness (QED) is 0.176. The fraction of sp³-hybridized carbons (Fsp3) is 0.184. The van der Waals surface area contributed by atoms with Gasteiger partial charge in [-0.25, -0.2) is 0 Å². The van der Waals surface area contributed by atoms with Gasteiger partial charge in [-0.15, -0.1) is 11.3 Å². The number of rotatable bonds is 4. The molecule has 0 saturated heterocycles. The Morgan fingerprint density at radius 1 is 0.500 bits per heavy atom. The largest absolute Gasteiger partial charge is 0.135 e. The highest BCUT2D eigenvalue weighted by Crippen LogP contribution is 2.55. The topological polar surface area (TPSA) is 0 Å². The smallest absolute Gasteiger partial charge is 0.0358 e. The molecular formula is C49H40S. The summed E-state index contributed by atoms with van der Waals surface area (Å²) in [5, 5.41) is 2.73. The third kappa shape index (κ3) is 4.23. The van der Waals surface area contributed by atoms with Crippen LogP contribution in [0, 0.1) is 0 Å². The predicted octanol–water partition coefficient (Wildman–Crippen LogP) is 13.5. The van der Waals surface area contributed by atoms with Crippen molar-refractivity contribution in [1.82, 2.24) is 0 Å². The molecule has 0 fully saturated rings. The lowest BCUT2D eigenvalue weighted by Crippen LogP contribution is -2.15. The Hall–Kier alpha value is -4.98. The number of hydrogen-bond donors (Lipinski definition) is 0. The summed E-state index contributed by atoms with van der Waals surface area (Å²) < 4.78 is 2.74. The van der Waals surface area contributed by atoms with Crippen LogP contribution in [0.15, 0.2) is 139 Å². The second-order valence-corrected chi connectivity index (χ2v) is 16.7. The average Bonchev–Trinajstić information content (AvgIpc) is 3.71. The van der Waals surface area contributed by atoms with E-state index in [-0.39, 0.29) is 10.8 Å². The minimum Gasteiger partial charge on any atom is -0.135 e. The molecule has 0 atom stereocenters. The van der Waals surface area contributed by atoms with Gasteiger partial charge in [0.05, 0.1) is 0 Å². The van der Waals surface area contributed by atoms with Crippen molar-refractivity contribution in [3.63, 3.8) is 0 Å². The van der Waals surface area contributed by atoms with Gasteiger partial charge in [-0.2, -0.15) is 0 Å². The van der Waals surface area contributed by atoms with Crippen molar-refractivity contribution in [1.29, 1.82) is 0 Å². The van der Waals surface area contributed by atoms with Crippen LogP contribution < -0.4 is 0 Å². The van der Waals surface area contributed by atoms with Gasteiger partial charge in [0.25, 0.3) is 0 Å². The van der Waals surface area contributed by atoms with Gasteiger partial charge in [-0.3, -0.25) is 0 Å². The fourth-order valence-corrected chi connectivity index (χ4v) is 10.8. The van der Waals surface area contributed by atoms with Crippen molar-refractivity contribution in [3.05, 3.63) is 178 Å². The van der Waals surface area contributed by atoms with Crippen molar-refractivity contribution in [3.8, 4) is 22.3 Å². The number of hydrogen-bond acceptors (Lipinski definition) is 1. The zero-order valence-corrected chi connectivity index (χ0v) is 30.0. The summed E-state index contributed by atoms with van der Waals surface area (Å²) in [4.78, 5) is 0. The van der Waals surface area contributed by atoms with Crippen molar-refractivity contribution >= 4 is 42.7 Å². The van der Waals surface area contributed by atoms with E-state index in [2.05, 4.69) is 161 Å². The Morgan fingerprint density at radius 2 is 1.06 bits per heavy atom. The van der Waals surface area contributed by atoms with Crippen LogP contribution >= 0.6 is 11.3 Å². The van der Waals surface area contributed by atoms with Crippen LogP contribution in [0.5, 0.6) is 0 Å². The van der Waals surface area contributed by atoms with Crippen LogP contribution in [0.2, 0.25) is 0 Å². The zero-order chi connectivity index (χ0) is 33.8. The first-order valence-electron chi connectivity index (χ1n) is 18.1. The van der Waals surface area contributed by atoms with E-state index in [0.717, 1.165) is 19.3 Å². The maximum Gasteiger partial charge on any atom is 0.0358 e. The molecule has 0 amide bonds. The molecule has 1 heteroatoms. The summed E-state index contributed by atoms with van der Waals surface area (Å²) in [6.45, 7) is 9.56. The molecule has 1 aromatic heterocycles. The van der Waals surface area contributed by atoms with Gasteiger partial charge >= 0.3 is 0 Å². The highest BCUT2D eigenvalue weighted by molar-refractivity contribution is 7.25. The zero-order valence-electron chi connectivity index (χ0n) is 29.2. The van der Waals surface area contributed by atoms with E-state index in [0.29, 0.717) is 0 Å². The Labute approximate surface area is 299 Å². The minimum atomic E-state index is -0.0185. The molecule has 0 unspecified atom stereocenters. The number of allylic oxidation sites excluding steroid dienone is 4. The molecule has 3 aliphatic rings. The molecule has 0 nitrogen and oxygen atoms in total. The summed E-state index contributed by atoms with van der Waals surface area (Å²) in [5.74, 6) is 0. The maximum atomic E-state index is 2.59. The predicted molar refractivity (Wildman–Crippen MR) is 215 cm³/mol. The van der Waals surface area contributed by atoms with E-state index >= 15 is 0 Å². The SMILES string of the molecule is CC1(C)c2ccccc2-c2c(C3=CC(Cc4ccc5c(c4)sc4ccccc45)=C(c4cccc5c4-c4ccccc4C5(C)C)CC3)cccc21. The first kappa shape index (κ1) is 29.9. The van der Waals surface area contributed by atoms with Gasteiger partial charge in [-0.1, -0.05) is 149 Å². The number of benzene rings is 6. The molecule has 1 heterocycles. The van der Waals surface area contributed by atoms with Gasteiger partial charge in [0, 0.05) is 31.0 Å². The van der Waals surface area contributed by atoms with E-state index in [9.17, 15) is 0 Å². The van der Waals surface area contributed by atoms with Crippen LogP contribution in [-0.2, 0) is 17.3 Å². The highest BCUT2D eigenvalue weighted by atomic mass is 32.1. The van der Waals surface area contributed by atoms with E-state index in [1.807, 2.05) is 11.3 Å². The molecule has 0 radical (unpaired) electrons. The number of fused-ring (bicyclic) bond motifs is 9. The molecule has 6 aromatic carbocycles. The van der Waals surface area contributed by atoms with Crippen LogP contribution in [0.4, 0.5) is 0 Å². The summed E-state index contributed by atoms with van der Waals surface area (Å²) in [5.41, 5.74) is 20.0. The van der Waals surface area contributed by atoms with Gasteiger partial charge in [-0.05, 0) is 109 Å². The first-order chi connectivity index (χ1) is 24.3. The molecular weight excluding hydrogens is 621 g/mol. The molecule has 50 heavy (non-hydrogen) atoms. The molecule has 0 bridgehead atoms. The second kappa shape index (κ2) is 10.8. The van der Waals surface area contributed by atoms with Crippen molar-refractivity contribution in [2.75, 3.05) is 0 Å². The van der Waals surface area contributed by atoms with Gasteiger partial charge in [0.1, 0.15) is 0 Å². The Morgan fingerprint density at radius 3 is 1.78 bits per heavy atom. The summed E-state index contributed by atoms with van der Waals surface area (Å²) in [6.07, 6.45) is 5.56. The molecule has 0 aliphatic heterocycles. The van der Waals surface area contributed by atoms with Gasteiger partial charge in [0.15, 0.2) is 0 Å². The lowest BCUT2D eigenvalue weighted by molar-refractivity contribution is 0.660. The van der Waals surface area contributed by atoms with E-state index in [1.54, 1.807) is 0 Å². The first-order valence-corrected chi connectivity index (χ1v) is 18.9. The van der Waals surface area contributed by atoms with Crippen LogP contribution in [0.3, 0.4) is 0 Å². The summed E-state index contributed by atoms with van der Waals surface area (Å²) in [7, 11) is 0. The average molecular weight is 661 g/mol. The molecule has 7 aromatic rings. The molecule has 0 spiro atoms. The lowest BCUT2D eigenvalue weighted by atomic mass is 9.78. The second-order valence-electron chi connectivity index (χ2n) is 15.6. The molecule has 0 N–H and O–H groups in total. The van der Waals surface area contributed by atoms with Crippen molar-refractivity contribution in [2.24, 2.45) is 0 Å². The van der Waals surface area contributed by atoms with Gasteiger partial charge in [0.2, 0.25) is 0 Å². The minimum absolute atomic E-state index is 0.00849. The third-order valence-corrected chi connectivity index (χ3v) is 13.2. The fourth-order valence-electron chi connectivity index (χ4n) is 9.60. The Bertz CT molecular complexity index is 2620. The number of thiophene rings is 1. The maximum absolute atomic E-state index is 2.59. The van der Waals surface area contributed by atoms with Crippen molar-refractivity contribution in [2.45, 2.75) is 57.8 Å². The third-order valence-electron chi connectivity index (χ3n) is 12.1. The van der Waals surface area contributed by atoms with Crippen LogP contribution in [0.25, 0.3) is 53.6 Å². The lowest BCUT2D eigenvalue weighted by Gasteiger charge is -2.26. The molecule has 10 rings (SSSR count). The summed E-state index contributed by atoms with van der Waals surface area (Å²) in [6, 6.07) is 48.3. The van der Waals surface area contributed by atoms with Gasteiger partial charge < -0.3 is 0 Å². The normalized spacial score (nSPS) is 16.7. The molecule has 242 valence electrons. The van der Waals surface area contributed by atoms with Crippen LogP contribution in [0.1, 0.15) is 79.5 Å². The summed E-state index contributed by atoms with van der Waals surface area (Å²) >= 11 is 1.92. The van der Waals surface area contributed by atoms with E-state index < -0.39 is 0 Å². The Kier molecular flexibility index (Phi) is 6.43. The highest BCUT2D eigenvalue weighted by Gasteiger charge is 2.39. The Balaban J connectivity index is 1.18. The van der Waals surface area contributed by atoms with E-state index in [4.69, 9.17) is 0 Å². The molecule has 3 aliphatic carbocycles. The van der Waals surface area contributed by atoms with E-state index in [1.165, 1.54) is 98.1 Å². The standard InChI is InChI=1S/C49H40S/c1-48(2)40-18-8-5-14-38(40)46-34(16-11-20-42(46)48)31-24-26-33(37-17-12-21-43-47(37)39-15-6-9-19-41(39)49(43,3)4)32(29-31)27-30-23-25-36-35-13-7-10-22-44(35)50-45(36)28-30/h5-23,25,28-29H,24,26-27H2,1-4H3. The monoisotopic (exact) mass is 660 g/mol.